The first-order chi connectivity index (χ1) is 8.74. The second-order valence-electron chi connectivity index (χ2n) is 4.10. The van der Waals surface area contributed by atoms with Crippen molar-refractivity contribution in [1.82, 2.24) is 15.0 Å². The zero-order chi connectivity index (χ0) is 12.5. The number of halogens is 1. The summed E-state index contributed by atoms with van der Waals surface area (Å²) in [6.07, 6.45) is 7.07. The largest absolute Gasteiger partial charge is 0.467 e. The van der Waals surface area contributed by atoms with E-state index in [1.54, 1.807) is 12.4 Å². The number of hydrogen-bond donors (Lipinski definition) is 1. The number of pyridine rings is 1. The van der Waals surface area contributed by atoms with Crippen LogP contribution < -0.4 is 10.5 Å². The minimum absolute atomic E-state index is 0.0195. The van der Waals surface area contributed by atoms with Crippen LogP contribution in [0.25, 0.3) is 0 Å². The van der Waals surface area contributed by atoms with Crippen LogP contribution in [0.5, 0.6) is 5.88 Å². The fourth-order valence-electron chi connectivity index (χ4n) is 2.11. The highest BCUT2D eigenvalue weighted by atomic mass is 79.9. The molecule has 18 heavy (non-hydrogen) atoms. The van der Waals surface area contributed by atoms with E-state index in [0.29, 0.717) is 16.3 Å². The van der Waals surface area contributed by atoms with Gasteiger partial charge in [-0.05, 0) is 46.0 Å². The van der Waals surface area contributed by atoms with Crippen molar-refractivity contribution in [1.29, 1.82) is 0 Å². The van der Waals surface area contributed by atoms with Gasteiger partial charge in [0.2, 0.25) is 0 Å². The summed E-state index contributed by atoms with van der Waals surface area (Å²) >= 11 is 3.26. The Morgan fingerprint density at radius 2 is 2.28 bits per heavy atom. The molecule has 3 rings (SSSR count). The van der Waals surface area contributed by atoms with Gasteiger partial charge in [0.25, 0.3) is 5.88 Å². The minimum atomic E-state index is -0.0195. The van der Waals surface area contributed by atoms with Gasteiger partial charge in [-0.3, -0.25) is 4.98 Å². The molecule has 1 aliphatic carbocycles. The monoisotopic (exact) mass is 306 g/mol. The van der Waals surface area contributed by atoms with Gasteiger partial charge in [-0.25, -0.2) is 9.97 Å². The van der Waals surface area contributed by atoms with E-state index in [9.17, 15) is 0 Å². The zero-order valence-electron chi connectivity index (χ0n) is 9.51. The maximum atomic E-state index is 5.86. The zero-order valence-corrected chi connectivity index (χ0v) is 11.1. The molecule has 1 atom stereocenters. The summed E-state index contributed by atoms with van der Waals surface area (Å²) in [5.41, 5.74) is 8.14. The quantitative estimate of drug-likeness (QED) is 0.921. The van der Waals surface area contributed by atoms with Crippen LogP contribution in [0.3, 0.4) is 0 Å². The molecule has 0 saturated carbocycles. The molecule has 6 heteroatoms. The van der Waals surface area contributed by atoms with Crippen molar-refractivity contribution in [3.8, 4) is 5.88 Å². The van der Waals surface area contributed by atoms with Crippen molar-refractivity contribution >= 4 is 21.7 Å². The van der Waals surface area contributed by atoms with Gasteiger partial charge >= 0.3 is 0 Å². The molecule has 2 heterocycles. The average molecular weight is 307 g/mol. The molecule has 0 spiro atoms. The second-order valence-corrected chi connectivity index (χ2v) is 4.92. The van der Waals surface area contributed by atoms with Crippen LogP contribution in [-0.4, -0.2) is 15.0 Å². The SMILES string of the molecule is Nc1ncc(Br)nc1OC1CCc2cnccc21. The normalized spacial score (nSPS) is 17.5. The second kappa shape index (κ2) is 4.53. The molecule has 1 aliphatic rings. The number of aryl methyl sites for hydroxylation is 1. The smallest absolute Gasteiger partial charge is 0.258 e. The molecule has 5 nitrogen and oxygen atoms in total. The molecule has 2 aromatic heterocycles. The fourth-order valence-corrected chi connectivity index (χ4v) is 2.37. The topological polar surface area (TPSA) is 73.9 Å². The Morgan fingerprint density at radius 3 is 3.17 bits per heavy atom. The van der Waals surface area contributed by atoms with E-state index in [0.717, 1.165) is 18.4 Å². The molecule has 0 aromatic carbocycles. The van der Waals surface area contributed by atoms with E-state index in [4.69, 9.17) is 10.5 Å². The number of nitrogen functional groups attached to an aromatic ring is 1. The van der Waals surface area contributed by atoms with E-state index in [2.05, 4.69) is 30.9 Å². The van der Waals surface area contributed by atoms with Crippen molar-refractivity contribution in [2.24, 2.45) is 0 Å². The molecule has 0 radical (unpaired) electrons. The number of hydrogen-bond acceptors (Lipinski definition) is 5. The highest BCUT2D eigenvalue weighted by molar-refractivity contribution is 9.10. The maximum absolute atomic E-state index is 5.86. The molecule has 1 unspecified atom stereocenters. The molecular weight excluding hydrogens is 296 g/mol. The molecule has 92 valence electrons. The molecule has 0 fully saturated rings. The Kier molecular flexibility index (Phi) is 2.87. The highest BCUT2D eigenvalue weighted by Crippen LogP contribution is 2.35. The number of aromatic nitrogens is 3. The summed E-state index contributed by atoms with van der Waals surface area (Å²) < 4.78 is 6.47. The predicted octanol–water partition coefficient (Wildman–Crippen LogP) is 2.28. The number of nitrogens with two attached hydrogens (primary N) is 1. The summed E-state index contributed by atoms with van der Waals surface area (Å²) in [6, 6.07) is 1.98. The third kappa shape index (κ3) is 2.03. The van der Waals surface area contributed by atoms with Crippen LogP contribution >= 0.6 is 15.9 Å². The molecule has 0 bridgehead atoms. The minimum Gasteiger partial charge on any atom is -0.467 e. The number of fused-ring (bicyclic) bond motifs is 1. The first-order valence-corrected chi connectivity index (χ1v) is 6.41. The highest BCUT2D eigenvalue weighted by Gasteiger charge is 2.25. The lowest BCUT2D eigenvalue weighted by Crippen LogP contribution is -2.08. The lowest BCUT2D eigenvalue weighted by atomic mass is 10.2. The van der Waals surface area contributed by atoms with Gasteiger partial charge in [-0.1, -0.05) is 0 Å². The van der Waals surface area contributed by atoms with Gasteiger partial charge in [0.05, 0.1) is 6.20 Å². The van der Waals surface area contributed by atoms with Gasteiger partial charge in [-0.15, -0.1) is 0 Å². The van der Waals surface area contributed by atoms with Crippen molar-refractivity contribution < 1.29 is 4.74 Å². The molecule has 0 amide bonds. The number of ether oxygens (including phenoxy) is 1. The molecule has 0 aliphatic heterocycles. The van der Waals surface area contributed by atoms with E-state index >= 15 is 0 Å². The molecule has 2 N–H and O–H groups in total. The lowest BCUT2D eigenvalue weighted by molar-refractivity contribution is 0.199. The van der Waals surface area contributed by atoms with Crippen LogP contribution in [0.4, 0.5) is 5.82 Å². The lowest BCUT2D eigenvalue weighted by Gasteiger charge is -2.14. The van der Waals surface area contributed by atoms with Crippen LogP contribution in [-0.2, 0) is 6.42 Å². The van der Waals surface area contributed by atoms with E-state index < -0.39 is 0 Å². The summed E-state index contributed by atoms with van der Waals surface area (Å²) in [4.78, 5) is 12.3. The Balaban J connectivity index is 1.88. The summed E-state index contributed by atoms with van der Waals surface area (Å²) in [7, 11) is 0. The van der Waals surface area contributed by atoms with Gasteiger partial charge in [0, 0.05) is 12.4 Å². The van der Waals surface area contributed by atoms with Crippen molar-refractivity contribution in [2.45, 2.75) is 18.9 Å². The summed E-state index contributed by atoms with van der Waals surface area (Å²) in [5, 5.41) is 0. The fraction of sp³-hybridized carbons (Fsp3) is 0.250. The van der Waals surface area contributed by atoms with Crippen LogP contribution in [0.1, 0.15) is 23.7 Å². The average Bonchev–Trinajstić information content (AvgIpc) is 2.78. The maximum Gasteiger partial charge on any atom is 0.258 e. The Labute approximate surface area is 113 Å². The Bertz CT molecular complexity index is 590. The summed E-state index contributed by atoms with van der Waals surface area (Å²) in [6.45, 7) is 0. The third-order valence-electron chi connectivity index (χ3n) is 2.96. The predicted molar refractivity (Wildman–Crippen MR) is 70.1 cm³/mol. The molecule has 2 aromatic rings. The van der Waals surface area contributed by atoms with Crippen molar-refractivity contribution in [3.63, 3.8) is 0 Å². The van der Waals surface area contributed by atoms with Crippen molar-refractivity contribution in [3.05, 3.63) is 40.4 Å². The van der Waals surface area contributed by atoms with Gasteiger partial charge in [-0.2, -0.15) is 0 Å². The van der Waals surface area contributed by atoms with E-state index in [1.165, 1.54) is 5.56 Å². The van der Waals surface area contributed by atoms with Crippen molar-refractivity contribution in [2.75, 3.05) is 5.73 Å². The Hall–Kier alpha value is -1.69. The Morgan fingerprint density at radius 1 is 1.39 bits per heavy atom. The van der Waals surface area contributed by atoms with Gasteiger partial charge in [0.15, 0.2) is 5.82 Å². The first kappa shape index (κ1) is 11.4. The van der Waals surface area contributed by atoms with Gasteiger partial charge < -0.3 is 10.5 Å². The standard InChI is InChI=1S/C12H11BrN4O/c13-10-6-16-11(14)12(17-10)18-9-2-1-7-5-15-4-3-8(7)9/h3-6,9H,1-2H2,(H2,14,16). The number of nitrogens with zero attached hydrogens (tertiary/aromatic N) is 3. The third-order valence-corrected chi connectivity index (χ3v) is 3.34. The first-order valence-electron chi connectivity index (χ1n) is 5.61. The van der Waals surface area contributed by atoms with E-state index in [-0.39, 0.29) is 6.10 Å². The molecular formula is C12H11BrN4O. The summed E-state index contributed by atoms with van der Waals surface area (Å²) in [5.74, 6) is 0.680. The number of anilines is 1. The molecule has 0 saturated heterocycles. The number of rotatable bonds is 2. The van der Waals surface area contributed by atoms with E-state index in [1.807, 2.05) is 12.3 Å². The van der Waals surface area contributed by atoms with Crippen LogP contribution in [0, 0.1) is 0 Å². The van der Waals surface area contributed by atoms with Crippen LogP contribution in [0.2, 0.25) is 0 Å². The van der Waals surface area contributed by atoms with Crippen LogP contribution in [0.15, 0.2) is 29.3 Å². The van der Waals surface area contributed by atoms with Gasteiger partial charge in [0.1, 0.15) is 10.7 Å².